The Morgan fingerprint density at radius 2 is 2.38 bits per heavy atom. The van der Waals surface area contributed by atoms with E-state index in [1.165, 1.54) is 6.20 Å². The van der Waals surface area contributed by atoms with E-state index >= 15 is 0 Å². The summed E-state index contributed by atoms with van der Waals surface area (Å²) in [6.45, 7) is 0. The van der Waals surface area contributed by atoms with Crippen molar-refractivity contribution in [2.45, 2.75) is 18.9 Å². The van der Waals surface area contributed by atoms with Gasteiger partial charge in [-0.05, 0) is 12.2 Å². The van der Waals surface area contributed by atoms with Crippen LogP contribution in [0.1, 0.15) is 22.5 Å². The smallest absolute Gasteiger partial charge is 0.196 e. The van der Waals surface area contributed by atoms with Gasteiger partial charge in [0.15, 0.2) is 10.6 Å². The van der Waals surface area contributed by atoms with Crippen molar-refractivity contribution in [3.8, 4) is 0 Å². The number of Topliss-reactive ketones (excluding diaryl/α,β-unsaturated/α-hetero) is 1. The number of hydrogen-bond acceptors (Lipinski definition) is 4. The number of fused-ring (bicyclic) bond motifs is 1. The van der Waals surface area contributed by atoms with Crippen LogP contribution < -0.4 is 5.73 Å². The largest absolute Gasteiger partial charge is 0.334 e. The second kappa shape index (κ2) is 3.01. The molecule has 68 valence electrons. The van der Waals surface area contributed by atoms with Gasteiger partial charge in [0.25, 0.3) is 0 Å². The van der Waals surface area contributed by atoms with Gasteiger partial charge in [-0.1, -0.05) is 0 Å². The van der Waals surface area contributed by atoms with Crippen LogP contribution in [0, 0.1) is 4.77 Å². The summed E-state index contributed by atoms with van der Waals surface area (Å²) >= 11 is 4.86. The van der Waals surface area contributed by atoms with Crippen molar-refractivity contribution in [1.82, 2.24) is 9.97 Å². The molecular weight excluding hydrogens is 186 g/mol. The monoisotopic (exact) mass is 195 g/mol. The average Bonchev–Trinajstić information content (AvgIpc) is 2.02. The number of rotatable bonds is 0. The third kappa shape index (κ3) is 1.52. The number of aromatic nitrogens is 2. The number of nitrogens with one attached hydrogen (secondary N) is 1. The van der Waals surface area contributed by atoms with E-state index in [2.05, 4.69) is 9.97 Å². The summed E-state index contributed by atoms with van der Waals surface area (Å²) in [5.41, 5.74) is 7.15. The SMILES string of the molecule is NC1CC(=O)c2cnc(=S)[nH]c2C1. The Hall–Kier alpha value is -1.07. The Kier molecular flexibility index (Phi) is 1.97. The second-order valence-electron chi connectivity index (χ2n) is 3.17. The molecule has 3 N–H and O–H groups in total. The van der Waals surface area contributed by atoms with E-state index < -0.39 is 0 Å². The van der Waals surface area contributed by atoms with Crippen molar-refractivity contribution in [1.29, 1.82) is 0 Å². The molecule has 1 aliphatic carbocycles. The molecule has 13 heavy (non-hydrogen) atoms. The molecule has 0 spiro atoms. The lowest BCUT2D eigenvalue weighted by molar-refractivity contribution is 0.0964. The van der Waals surface area contributed by atoms with Gasteiger partial charge in [-0.2, -0.15) is 0 Å². The van der Waals surface area contributed by atoms with E-state index in [-0.39, 0.29) is 11.8 Å². The standard InChI is InChI=1S/C8H9N3OS/c9-4-1-6-5(7(12)2-4)3-10-8(13)11-6/h3-4H,1-2,9H2,(H,10,11,13). The van der Waals surface area contributed by atoms with Crippen LogP contribution in [0.25, 0.3) is 0 Å². The van der Waals surface area contributed by atoms with Crippen molar-refractivity contribution >= 4 is 18.0 Å². The van der Waals surface area contributed by atoms with Gasteiger partial charge in [-0.25, -0.2) is 4.98 Å². The van der Waals surface area contributed by atoms with Crippen LogP contribution in [-0.4, -0.2) is 21.8 Å². The Morgan fingerprint density at radius 3 is 3.15 bits per heavy atom. The first-order chi connectivity index (χ1) is 6.16. The molecule has 0 bridgehead atoms. The van der Waals surface area contributed by atoms with E-state index in [9.17, 15) is 4.79 Å². The number of ketones is 1. The Labute approximate surface area is 80.2 Å². The van der Waals surface area contributed by atoms with Gasteiger partial charge in [-0.15, -0.1) is 0 Å². The van der Waals surface area contributed by atoms with E-state index in [4.69, 9.17) is 18.0 Å². The van der Waals surface area contributed by atoms with Crippen LogP contribution in [0.4, 0.5) is 0 Å². The molecule has 5 heteroatoms. The molecule has 1 aromatic rings. The first kappa shape index (κ1) is 8.52. The van der Waals surface area contributed by atoms with Crippen molar-refractivity contribution in [2.24, 2.45) is 5.73 Å². The summed E-state index contributed by atoms with van der Waals surface area (Å²) < 4.78 is 0.403. The minimum absolute atomic E-state index is 0.0486. The number of carbonyl (C=O) groups excluding carboxylic acids is 1. The molecule has 1 aromatic heterocycles. The molecule has 0 saturated carbocycles. The van der Waals surface area contributed by atoms with Gasteiger partial charge in [0, 0.05) is 30.8 Å². The Balaban J connectivity index is 2.55. The van der Waals surface area contributed by atoms with Crippen molar-refractivity contribution in [3.63, 3.8) is 0 Å². The summed E-state index contributed by atoms with van der Waals surface area (Å²) in [5, 5.41) is 0. The molecule has 0 amide bonds. The zero-order valence-electron chi connectivity index (χ0n) is 6.91. The molecule has 1 aliphatic rings. The first-order valence-electron chi connectivity index (χ1n) is 4.04. The summed E-state index contributed by atoms with van der Waals surface area (Å²) in [6, 6.07) is -0.0898. The third-order valence-corrected chi connectivity index (χ3v) is 2.32. The van der Waals surface area contributed by atoms with Crippen molar-refractivity contribution in [2.75, 3.05) is 0 Å². The van der Waals surface area contributed by atoms with Crippen LogP contribution in [0.5, 0.6) is 0 Å². The lowest BCUT2D eigenvalue weighted by Crippen LogP contribution is -2.32. The third-order valence-electron chi connectivity index (χ3n) is 2.11. The topological polar surface area (TPSA) is 71.8 Å². The number of H-pyrrole nitrogens is 1. The van der Waals surface area contributed by atoms with E-state index in [0.717, 1.165) is 5.69 Å². The van der Waals surface area contributed by atoms with Crippen LogP contribution in [0.3, 0.4) is 0 Å². The fourth-order valence-electron chi connectivity index (χ4n) is 1.51. The molecule has 0 radical (unpaired) electrons. The fourth-order valence-corrected chi connectivity index (χ4v) is 1.69. The molecule has 0 aromatic carbocycles. The summed E-state index contributed by atoms with van der Waals surface area (Å²) in [7, 11) is 0. The lowest BCUT2D eigenvalue weighted by Gasteiger charge is -2.18. The summed E-state index contributed by atoms with van der Waals surface area (Å²) in [4.78, 5) is 18.2. The van der Waals surface area contributed by atoms with Gasteiger partial charge >= 0.3 is 0 Å². The highest BCUT2D eigenvalue weighted by atomic mass is 32.1. The zero-order chi connectivity index (χ0) is 9.42. The van der Waals surface area contributed by atoms with Crippen molar-refractivity contribution in [3.05, 3.63) is 22.2 Å². The second-order valence-corrected chi connectivity index (χ2v) is 3.56. The van der Waals surface area contributed by atoms with Gasteiger partial charge in [0.1, 0.15) is 0 Å². The molecule has 0 fully saturated rings. The zero-order valence-corrected chi connectivity index (χ0v) is 7.73. The molecular formula is C8H9N3OS. The van der Waals surface area contributed by atoms with Gasteiger partial charge in [0.2, 0.25) is 0 Å². The lowest BCUT2D eigenvalue weighted by atomic mass is 9.93. The normalized spacial score (nSPS) is 21.3. The number of aromatic amines is 1. The maximum atomic E-state index is 11.4. The molecule has 2 rings (SSSR count). The first-order valence-corrected chi connectivity index (χ1v) is 4.44. The maximum Gasteiger partial charge on any atom is 0.196 e. The van der Waals surface area contributed by atoms with Crippen molar-refractivity contribution < 1.29 is 4.79 Å². The highest BCUT2D eigenvalue weighted by Gasteiger charge is 2.22. The predicted molar refractivity (Wildman–Crippen MR) is 50.0 cm³/mol. The minimum atomic E-state index is -0.0898. The van der Waals surface area contributed by atoms with Crippen LogP contribution >= 0.6 is 12.2 Å². The van der Waals surface area contributed by atoms with E-state index in [0.29, 0.717) is 23.2 Å². The average molecular weight is 195 g/mol. The molecule has 1 unspecified atom stereocenters. The Morgan fingerprint density at radius 1 is 1.62 bits per heavy atom. The summed E-state index contributed by atoms with van der Waals surface area (Å²) in [6.07, 6.45) is 2.61. The van der Waals surface area contributed by atoms with Gasteiger partial charge in [-0.3, -0.25) is 4.79 Å². The predicted octanol–water partition coefficient (Wildman–Crippen LogP) is 0.595. The quantitative estimate of drug-likeness (QED) is 0.594. The molecule has 4 nitrogen and oxygen atoms in total. The van der Waals surface area contributed by atoms with Crippen LogP contribution in [0.15, 0.2) is 6.20 Å². The minimum Gasteiger partial charge on any atom is -0.334 e. The highest BCUT2D eigenvalue weighted by molar-refractivity contribution is 7.71. The number of carbonyl (C=O) groups is 1. The summed E-state index contributed by atoms with van der Waals surface area (Å²) in [5.74, 6) is 0.0486. The van der Waals surface area contributed by atoms with Crippen LogP contribution in [0.2, 0.25) is 0 Å². The van der Waals surface area contributed by atoms with Gasteiger partial charge in [0.05, 0.1) is 5.56 Å². The van der Waals surface area contributed by atoms with E-state index in [1.54, 1.807) is 0 Å². The molecule has 1 heterocycles. The molecule has 1 atom stereocenters. The number of hydrogen-bond donors (Lipinski definition) is 2. The molecule has 0 aliphatic heterocycles. The van der Waals surface area contributed by atoms with E-state index in [1.807, 2.05) is 0 Å². The highest BCUT2D eigenvalue weighted by Crippen LogP contribution is 2.17. The Bertz CT molecular complexity index is 412. The number of nitrogens with zero attached hydrogens (tertiary/aromatic N) is 1. The van der Waals surface area contributed by atoms with Gasteiger partial charge < -0.3 is 10.7 Å². The molecule has 0 saturated heterocycles. The van der Waals surface area contributed by atoms with Crippen LogP contribution in [-0.2, 0) is 6.42 Å². The number of nitrogens with two attached hydrogens (primary N) is 1. The maximum absolute atomic E-state index is 11.4. The fraction of sp³-hybridized carbons (Fsp3) is 0.375.